The van der Waals surface area contributed by atoms with Gasteiger partial charge in [-0.25, -0.2) is 8.78 Å². The Morgan fingerprint density at radius 2 is 1.33 bits per heavy atom. The quantitative estimate of drug-likeness (QED) is 0.229. The molecule has 0 bridgehead atoms. The van der Waals surface area contributed by atoms with Crippen LogP contribution in [0.15, 0.2) is 48.8 Å². The van der Waals surface area contributed by atoms with E-state index in [4.69, 9.17) is 0 Å². The molecule has 1 aromatic heterocycles. The first-order valence-electron chi connectivity index (χ1n) is 11.9. The molecule has 0 aliphatic heterocycles. The Morgan fingerprint density at radius 3 is 1.85 bits per heavy atom. The van der Waals surface area contributed by atoms with Gasteiger partial charge in [0, 0.05) is 38.3 Å². The lowest BCUT2D eigenvalue weighted by Gasteiger charge is -2.11. The fraction of sp³-hybridized carbons (Fsp3) is 0.500. The van der Waals surface area contributed by atoms with Crippen LogP contribution in [0, 0.1) is 0 Å². The van der Waals surface area contributed by atoms with E-state index in [0.29, 0.717) is 0 Å². The zero-order valence-corrected chi connectivity index (χ0v) is 21.6. The first kappa shape index (κ1) is 27.4. The monoisotopic (exact) mass is 490 g/mol. The van der Waals surface area contributed by atoms with Crippen LogP contribution in [0.25, 0.3) is 12.2 Å². The van der Waals surface area contributed by atoms with Crippen molar-refractivity contribution in [1.29, 1.82) is 0 Å². The van der Waals surface area contributed by atoms with Gasteiger partial charge in [-0.05, 0) is 47.3 Å². The zero-order chi connectivity index (χ0) is 23.9. The predicted molar refractivity (Wildman–Crippen MR) is 140 cm³/mol. The van der Waals surface area contributed by atoms with E-state index in [0.717, 1.165) is 25.8 Å². The normalized spacial score (nSPS) is 13.3. The number of benzene rings is 1. The summed E-state index contributed by atoms with van der Waals surface area (Å²) in [6.07, 6.45) is 18.9. The molecule has 2 rings (SSSR count). The molecule has 0 saturated carbocycles. The highest BCUT2D eigenvalue weighted by molar-refractivity contribution is 8.26. The van der Waals surface area contributed by atoms with Crippen molar-refractivity contribution < 1.29 is 17.5 Å². The molecule has 182 valence electrons. The van der Waals surface area contributed by atoms with Crippen molar-refractivity contribution >= 4 is 38.1 Å². The summed E-state index contributed by atoms with van der Waals surface area (Å²) in [6, 6.07) is 12.9. The number of rotatable bonds is 16. The maximum Gasteiger partial charge on any atom is 0.169 e. The Bertz CT molecular complexity index is 925. The van der Waals surface area contributed by atoms with Crippen LogP contribution in [-0.4, -0.2) is 29.5 Å². The van der Waals surface area contributed by atoms with Crippen molar-refractivity contribution in [2.75, 3.05) is 25.6 Å². The average Bonchev–Trinajstić information content (AvgIpc) is 2.78. The lowest BCUT2D eigenvalue weighted by Crippen LogP contribution is -2.32. The smallest absolute Gasteiger partial charge is 0.169 e. The summed E-state index contributed by atoms with van der Waals surface area (Å²) in [4.78, 5) is 2.10. The maximum absolute atomic E-state index is 10.7. The lowest BCUT2D eigenvalue weighted by molar-refractivity contribution is -0.697. The number of unbranched alkanes of at least 4 members (excludes halogenated alkanes) is 8. The van der Waals surface area contributed by atoms with Gasteiger partial charge in [-0.1, -0.05) is 62.8 Å². The van der Waals surface area contributed by atoms with Gasteiger partial charge in [-0.3, -0.25) is 4.18 Å². The first-order chi connectivity index (χ1) is 15.8. The maximum atomic E-state index is 10.7. The summed E-state index contributed by atoms with van der Waals surface area (Å²) >= 11 is 4.17. The molecule has 1 atom stereocenters. The highest BCUT2D eigenvalue weighted by atomic mass is 32.9. The number of aryl methyl sites for hydroxylation is 1. The molecule has 0 aliphatic carbocycles. The highest BCUT2D eigenvalue weighted by Gasteiger charge is 2.01. The van der Waals surface area contributed by atoms with Crippen molar-refractivity contribution in [2.24, 2.45) is 0 Å². The van der Waals surface area contributed by atoms with E-state index in [9.17, 15) is 8.76 Å². The molecule has 1 aromatic carbocycles. The van der Waals surface area contributed by atoms with Crippen LogP contribution >= 0.6 is 0 Å². The van der Waals surface area contributed by atoms with Gasteiger partial charge in [-0.2, -0.15) is 0 Å². The first-order valence-corrected chi connectivity index (χ1v) is 14.2. The third-order valence-corrected chi connectivity index (χ3v) is 6.33. The summed E-state index contributed by atoms with van der Waals surface area (Å²) in [5.41, 5.74) is 3.62. The van der Waals surface area contributed by atoms with Gasteiger partial charge in [0.15, 0.2) is 12.4 Å². The van der Waals surface area contributed by atoms with Gasteiger partial charge < -0.3 is 9.45 Å². The van der Waals surface area contributed by atoms with E-state index >= 15 is 0 Å². The third-order valence-electron chi connectivity index (χ3n) is 5.58. The predicted octanol–water partition coefficient (Wildman–Crippen LogP) is 5.53. The molecule has 1 unspecified atom stereocenters. The van der Waals surface area contributed by atoms with Crippen LogP contribution in [0.1, 0.15) is 68.9 Å². The largest absolute Gasteiger partial charge is 0.748 e. The summed E-state index contributed by atoms with van der Waals surface area (Å²) < 4.78 is 28.2. The number of nitrogens with zero attached hydrogens (tertiary/aromatic N) is 2. The molecule has 0 N–H and O–H groups in total. The Balaban J connectivity index is 1.52. The highest BCUT2D eigenvalue weighted by Crippen LogP contribution is 2.14. The molecular formula is C26H38N2O3S2. The Kier molecular flexibility index (Phi) is 12.6. The van der Waals surface area contributed by atoms with Crippen molar-refractivity contribution in [1.82, 2.24) is 0 Å². The molecule has 0 spiro atoms. The molecule has 0 fully saturated rings. The van der Waals surface area contributed by atoms with E-state index in [-0.39, 0.29) is 6.61 Å². The second-order valence-corrected chi connectivity index (χ2v) is 10.9. The molecule has 1 heterocycles. The van der Waals surface area contributed by atoms with Crippen molar-refractivity contribution in [3.8, 4) is 0 Å². The molecule has 0 saturated heterocycles. The molecule has 7 heteroatoms. The van der Waals surface area contributed by atoms with E-state index in [1.807, 2.05) is 0 Å². The minimum absolute atomic E-state index is 0.214. The number of pyridine rings is 1. The lowest BCUT2D eigenvalue weighted by atomic mass is 10.1. The van der Waals surface area contributed by atoms with Crippen LogP contribution in [0.5, 0.6) is 0 Å². The van der Waals surface area contributed by atoms with Crippen molar-refractivity contribution in [2.45, 2.75) is 64.3 Å². The van der Waals surface area contributed by atoms with Crippen LogP contribution in [0.3, 0.4) is 0 Å². The summed E-state index contributed by atoms with van der Waals surface area (Å²) in [7, 11) is 0.406. The van der Waals surface area contributed by atoms with Gasteiger partial charge >= 0.3 is 0 Å². The zero-order valence-electron chi connectivity index (χ0n) is 20.0. The van der Waals surface area contributed by atoms with Crippen molar-refractivity contribution in [3.05, 3.63) is 59.9 Å². The minimum atomic E-state index is -3.70. The second-order valence-electron chi connectivity index (χ2n) is 8.60. The van der Waals surface area contributed by atoms with Gasteiger partial charge in [0.25, 0.3) is 0 Å². The third kappa shape index (κ3) is 12.9. The number of hydrogen-bond donors (Lipinski definition) is 0. The van der Waals surface area contributed by atoms with E-state index in [1.54, 1.807) is 0 Å². The van der Waals surface area contributed by atoms with Crippen LogP contribution in [0.2, 0.25) is 0 Å². The SMILES string of the molecule is CN(C)c1ccc(C=Cc2cc[n+](CCCCCCCCCCCOS(=O)([O-])=S)cc2)cc1. The minimum Gasteiger partial charge on any atom is -0.748 e. The Labute approximate surface area is 205 Å². The molecule has 33 heavy (non-hydrogen) atoms. The van der Waals surface area contributed by atoms with Crippen molar-refractivity contribution in [3.63, 3.8) is 0 Å². The number of aromatic nitrogens is 1. The van der Waals surface area contributed by atoms with E-state index < -0.39 is 9.05 Å². The summed E-state index contributed by atoms with van der Waals surface area (Å²) in [5.74, 6) is 0. The van der Waals surface area contributed by atoms with Gasteiger partial charge in [-0.15, -0.1) is 0 Å². The van der Waals surface area contributed by atoms with Gasteiger partial charge in [0.1, 0.15) is 6.54 Å². The molecule has 2 aromatic rings. The molecule has 0 amide bonds. The van der Waals surface area contributed by atoms with E-state index in [1.165, 1.54) is 55.3 Å². The molecule has 5 nitrogen and oxygen atoms in total. The Morgan fingerprint density at radius 1 is 0.848 bits per heavy atom. The number of hydrogen-bond acceptors (Lipinski definition) is 5. The number of anilines is 1. The van der Waals surface area contributed by atoms with Gasteiger partial charge in [0.2, 0.25) is 0 Å². The summed E-state index contributed by atoms with van der Waals surface area (Å²) in [5, 5.41) is 0. The van der Waals surface area contributed by atoms with Gasteiger partial charge in [0.05, 0.1) is 15.7 Å². The fourth-order valence-corrected chi connectivity index (χ4v) is 4.13. The second kappa shape index (κ2) is 15.2. The molecule has 0 radical (unpaired) electrons. The topological polar surface area (TPSA) is 56.5 Å². The van der Waals surface area contributed by atoms with E-state index in [2.05, 4.69) is 99.9 Å². The molecule has 0 aliphatic rings. The van der Waals surface area contributed by atoms with Crippen LogP contribution in [-0.2, 0) is 31.0 Å². The van der Waals surface area contributed by atoms with Crippen LogP contribution in [0.4, 0.5) is 5.69 Å². The summed E-state index contributed by atoms with van der Waals surface area (Å²) in [6.45, 7) is 1.27. The fourth-order valence-electron chi connectivity index (χ4n) is 3.60. The Hall–Kier alpha value is -1.80. The molecular weight excluding hydrogens is 452 g/mol. The average molecular weight is 491 g/mol. The van der Waals surface area contributed by atoms with Crippen LogP contribution < -0.4 is 9.47 Å². The standard InChI is InChI=1S/C26H38N2O3S2/c1-27(2)26-16-14-24(15-17-26)12-13-25-18-21-28(22-19-25)20-10-8-6-4-3-5-7-9-11-23-31-33(29,30)32/h12-19,21-22H,3-11,20,23H2,1-2H3.